The summed E-state index contributed by atoms with van der Waals surface area (Å²) in [4.78, 5) is 14.2. The topological polar surface area (TPSA) is 20.3 Å². The Balaban J connectivity index is 1.63. The Kier molecular flexibility index (Phi) is 3.46. The van der Waals surface area contributed by atoms with Crippen LogP contribution in [0, 0.1) is 11.8 Å². The highest BCUT2D eigenvalue weighted by Crippen LogP contribution is 2.34. The summed E-state index contributed by atoms with van der Waals surface area (Å²) in [5.74, 6) is 1.88. The molecule has 2 fully saturated rings. The Hall–Kier alpha value is -1.15. The molecule has 0 N–H and O–H groups in total. The number of hydrogen-bond acceptors (Lipinski definition) is 2. The van der Waals surface area contributed by atoms with E-state index in [2.05, 4.69) is 35.2 Å². The van der Waals surface area contributed by atoms with E-state index in [0.717, 1.165) is 38.3 Å². The molecule has 1 aromatic rings. The quantitative estimate of drug-likeness (QED) is 0.796. The van der Waals surface area contributed by atoms with Gasteiger partial charge in [-0.05, 0) is 30.2 Å². The van der Waals surface area contributed by atoms with Crippen molar-refractivity contribution in [3.63, 3.8) is 0 Å². The number of carbonyl (C=O) groups is 1. The molecule has 0 bridgehead atoms. The van der Waals surface area contributed by atoms with E-state index in [0.29, 0.717) is 11.7 Å². The normalized spacial score (nSPS) is 29.0. The van der Waals surface area contributed by atoms with Gasteiger partial charge in [0.2, 0.25) is 0 Å². The van der Waals surface area contributed by atoms with E-state index in [1.165, 1.54) is 18.5 Å². The highest BCUT2D eigenvalue weighted by atomic mass is 16.1. The maximum atomic E-state index is 11.7. The largest absolute Gasteiger partial charge is 0.300 e. The standard InChI is InChI=1S/C16H21NO/c18-16-8-4-7-14-11-17(12-15(14)9-16)10-13-5-2-1-3-6-13/h1-3,5-6,14-15H,4,7-12H2. The number of ketones is 1. The number of benzene rings is 1. The van der Waals surface area contributed by atoms with Gasteiger partial charge < -0.3 is 0 Å². The third-order valence-electron chi connectivity index (χ3n) is 4.42. The van der Waals surface area contributed by atoms with Crippen LogP contribution in [0.25, 0.3) is 0 Å². The molecule has 0 spiro atoms. The molecule has 2 nitrogen and oxygen atoms in total. The monoisotopic (exact) mass is 243 g/mol. The summed E-state index contributed by atoms with van der Waals surface area (Å²) in [5, 5.41) is 0. The van der Waals surface area contributed by atoms with Crippen LogP contribution in [0.5, 0.6) is 0 Å². The number of carbonyl (C=O) groups excluding carboxylic acids is 1. The zero-order valence-corrected chi connectivity index (χ0v) is 10.8. The number of nitrogens with zero attached hydrogens (tertiary/aromatic N) is 1. The second-order valence-electron chi connectivity index (χ2n) is 5.83. The Morgan fingerprint density at radius 2 is 1.89 bits per heavy atom. The van der Waals surface area contributed by atoms with Crippen molar-refractivity contribution in [2.75, 3.05) is 13.1 Å². The summed E-state index contributed by atoms with van der Waals surface area (Å²) >= 11 is 0. The zero-order chi connectivity index (χ0) is 12.4. The fraction of sp³-hybridized carbons (Fsp3) is 0.562. The van der Waals surface area contributed by atoms with Crippen molar-refractivity contribution < 1.29 is 4.79 Å². The van der Waals surface area contributed by atoms with Gasteiger partial charge in [0, 0.05) is 32.5 Å². The summed E-state index contributed by atoms with van der Waals surface area (Å²) in [5.41, 5.74) is 1.39. The van der Waals surface area contributed by atoms with Crippen LogP contribution in [0.4, 0.5) is 0 Å². The van der Waals surface area contributed by atoms with Gasteiger partial charge in [-0.3, -0.25) is 9.69 Å². The number of hydrogen-bond donors (Lipinski definition) is 0. The molecular formula is C16H21NO. The van der Waals surface area contributed by atoms with Crippen molar-refractivity contribution >= 4 is 5.78 Å². The minimum absolute atomic E-state index is 0.490. The van der Waals surface area contributed by atoms with E-state index >= 15 is 0 Å². The lowest BCUT2D eigenvalue weighted by Gasteiger charge is -2.16. The lowest BCUT2D eigenvalue weighted by atomic mass is 9.91. The first-order valence-electron chi connectivity index (χ1n) is 7.09. The third kappa shape index (κ3) is 2.64. The SMILES string of the molecule is O=C1CCCC2CN(Cc3ccccc3)CC2C1. The molecule has 0 radical (unpaired) electrons. The molecule has 1 aliphatic heterocycles. The molecule has 1 aliphatic carbocycles. The average molecular weight is 243 g/mol. The van der Waals surface area contributed by atoms with Gasteiger partial charge in [-0.25, -0.2) is 0 Å². The molecule has 3 rings (SSSR count). The lowest BCUT2D eigenvalue weighted by Crippen LogP contribution is -2.21. The van der Waals surface area contributed by atoms with Gasteiger partial charge in [0.25, 0.3) is 0 Å². The molecule has 0 amide bonds. The summed E-state index contributed by atoms with van der Waals surface area (Å²) in [6.45, 7) is 3.35. The van der Waals surface area contributed by atoms with Crippen molar-refractivity contribution in [3.8, 4) is 0 Å². The van der Waals surface area contributed by atoms with Gasteiger partial charge in [-0.15, -0.1) is 0 Å². The van der Waals surface area contributed by atoms with Crippen LogP contribution in [0.2, 0.25) is 0 Å². The highest BCUT2D eigenvalue weighted by molar-refractivity contribution is 5.78. The minimum atomic E-state index is 0.490. The first-order valence-corrected chi connectivity index (χ1v) is 7.09. The maximum absolute atomic E-state index is 11.7. The number of Topliss-reactive ketones (excluding diaryl/α,β-unsaturated/α-hetero) is 1. The molecule has 1 saturated heterocycles. The Bertz CT molecular complexity index is 414. The van der Waals surface area contributed by atoms with E-state index < -0.39 is 0 Å². The third-order valence-corrected chi connectivity index (χ3v) is 4.42. The zero-order valence-electron chi connectivity index (χ0n) is 10.8. The van der Waals surface area contributed by atoms with Crippen molar-refractivity contribution in [1.82, 2.24) is 4.90 Å². The summed E-state index contributed by atoms with van der Waals surface area (Å²) in [6, 6.07) is 10.7. The molecule has 2 aliphatic rings. The molecule has 18 heavy (non-hydrogen) atoms. The maximum Gasteiger partial charge on any atom is 0.133 e. The predicted molar refractivity (Wildman–Crippen MR) is 72.2 cm³/mol. The molecule has 1 saturated carbocycles. The van der Waals surface area contributed by atoms with Crippen LogP contribution in [-0.2, 0) is 11.3 Å². The molecule has 2 unspecified atom stereocenters. The second kappa shape index (κ2) is 5.23. The number of likely N-dealkylation sites (tertiary alicyclic amines) is 1. The number of rotatable bonds is 2. The van der Waals surface area contributed by atoms with E-state index in [-0.39, 0.29) is 0 Å². The van der Waals surface area contributed by atoms with Gasteiger partial charge in [0.1, 0.15) is 5.78 Å². The van der Waals surface area contributed by atoms with Crippen LogP contribution in [0.3, 0.4) is 0 Å². The van der Waals surface area contributed by atoms with E-state index in [9.17, 15) is 4.79 Å². The number of fused-ring (bicyclic) bond motifs is 1. The predicted octanol–water partition coefficient (Wildman–Crippen LogP) is 2.88. The van der Waals surface area contributed by atoms with E-state index in [1.807, 2.05) is 0 Å². The van der Waals surface area contributed by atoms with Gasteiger partial charge in [-0.1, -0.05) is 30.3 Å². The van der Waals surface area contributed by atoms with Crippen LogP contribution in [-0.4, -0.2) is 23.8 Å². The Labute approximate surface area is 109 Å². The molecule has 2 heteroatoms. The second-order valence-corrected chi connectivity index (χ2v) is 5.83. The summed E-state index contributed by atoms with van der Waals surface area (Å²) in [6.07, 6.45) is 4.02. The molecular weight excluding hydrogens is 222 g/mol. The van der Waals surface area contributed by atoms with Crippen LogP contribution in [0.15, 0.2) is 30.3 Å². The van der Waals surface area contributed by atoms with Crippen molar-refractivity contribution in [2.45, 2.75) is 32.2 Å². The minimum Gasteiger partial charge on any atom is -0.300 e. The van der Waals surface area contributed by atoms with Gasteiger partial charge in [0.05, 0.1) is 0 Å². The van der Waals surface area contributed by atoms with Gasteiger partial charge >= 0.3 is 0 Å². The fourth-order valence-electron chi connectivity index (χ4n) is 3.52. The van der Waals surface area contributed by atoms with Gasteiger partial charge in [0.15, 0.2) is 0 Å². The smallest absolute Gasteiger partial charge is 0.133 e. The van der Waals surface area contributed by atoms with Crippen LogP contribution in [0.1, 0.15) is 31.2 Å². The van der Waals surface area contributed by atoms with E-state index in [1.54, 1.807) is 0 Å². The first kappa shape index (κ1) is 11.9. The Morgan fingerprint density at radius 3 is 2.72 bits per heavy atom. The fourth-order valence-corrected chi connectivity index (χ4v) is 3.52. The average Bonchev–Trinajstić information content (AvgIpc) is 2.64. The lowest BCUT2D eigenvalue weighted by molar-refractivity contribution is -0.119. The highest BCUT2D eigenvalue weighted by Gasteiger charge is 2.35. The van der Waals surface area contributed by atoms with Crippen molar-refractivity contribution in [3.05, 3.63) is 35.9 Å². The first-order chi connectivity index (χ1) is 8.81. The Morgan fingerprint density at radius 1 is 1.11 bits per heavy atom. The molecule has 1 heterocycles. The van der Waals surface area contributed by atoms with Crippen molar-refractivity contribution in [2.24, 2.45) is 11.8 Å². The summed E-state index contributed by atoms with van der Waals surface area (Å²) in [7, 11) is 0. The van der Waals surface area contributed by atoms with Gasteiger partial charge in [-0.2, -0.15) is 0 Å². The molecule has 96 valence electrons. The molecule has 1 aromatic carbocycles. The van der Waals surface area contributed by atoms with Crippen LogP contribution < -0.4 is 0 Å². The molecule has 2 atom stereocenters. The van der Waals surface area contributed by atoms with E-state index in [4.69, 9.17) is 0 Å². The van der Waals surface area contributed by atoms with Crippen LogP contribution >= 0.6 is 0 Å². The molecule has 0 aromatic heterocycles. The van der Waals surface area contributed by atoms with Crippen molar-refractivity contribution in [1.29, 1.82) is 0 Å². The summed E-state index contributed by atoms with van der Waals surface area (Å²) < 4.78 is 0.